The Morgan fingerprint density at radius 2 is 1.71 bits per heavy atom. The SMILES string of the molecule is COc1ccccc1NC(C(=O)O)C(C)c1ccccc1. The lowest BCUT2D eigenvalue weighted by Crippen LogP contribution is -2.34. The first kappa shape index (κ1) is 14.9. The highest BCUT2D eigenvalue weighted by atomic mass is 16.5. The molecule has 21 heavy (non-hydrogen) atoms. The van der Waals surface area contributed by atoms with E-state index in [9.17, 15) is 9.90 Å². The molecular formula is C17H19NO3. The van der Waals surface area contributed by atoms with E-state index in [1.165, 1.54) is 0 Å². The number of aliphatic carboxylic acids is 1. The molecule has 0 aliphatic heterocycles. The number of carbonyl (C=O) groups is 1. The van der Waals surface area contributed by atoms with Crippen molar-refractivity contribution in [3.8, 4) is 5.75 Å². The Kier molecular flexibility index (Phi) is 4.82. The van der Waals surface area contributed by atoms with Crippen molar-refractivity contribution >= 4 is 11.7 Å². The lowest BCUT2D eigenvalue weighted by atomic mass is 9.93. The van der Waals surface area contributed by atoms with Crippen molar-refractivity contribution in [3.63, 3.8) is 0 Å². The summed E-state index contributed by atoms with van der Waals surface area (Å²) in [5.41, 5.74) is 1.66. The minimum atomic E-state index is -0.891. The van der Waals surface area contributed by atoms with Crippen molar-refractivity contribution in [2.75, 3.05) is 12.4 Å². The van der Waals surface area contributed by atoms with E-state index in [4.69, 9.17) is 4.74 Å². The molecule has 0 saturated carbocycles. The van der Waals surface area contributed by atoms with Crippen LogP contribution in [0.4, 0.5) is 5.69 Å². The highest BCUT2D eigenvalue weighted by Gasteiger charge is 2.26. The number of ether oxygens (including phenoxy) is 1. The second-order valence-corrected chi connectivity index (χ2v) is 4.86. The number of anilines is 1. The fourth-order valence-corrected chi connectivity index (χ4v) is 2.28. The van der Waals surface area contributed by atoms with Gasteiger partial charge in [0.25, 0.3) is 0 Å². The van der Waals surface area contributed by atoms with Crippen LogP contribution in [0.3, 0.4) is 0 Å². The van der Waals surface area contributed by atoms with Crippen molar-refractivity contribution in [2.45, 2.75) is 18.9 Å². The van der Waals surface area contributed by atoms with Crippen LogP contribution in [-0.4, -0.2) is 24.2 Å². The molecule has 2 rings (SSSR count). The average Bonchev–Trinajstić information content (AvgIpc) is 2.53. The Labute approximate surface area is 124 Å². The number of para-hydroxylation sites is 2. The summed E-state index contributed by atoms with van der Waals surface area (Å²) in [7, 11) is 1.57. The number of carboxylic acid groups (broad SMARTS) is 1. The lowest BCUT2D eigenvalue weighted by molar-refractivity contribution is -0.138. The van der Waals surface area contributed by atoms with Gasteiger partial charge >= 0.3 is 5.97 Å². The lowest BCUT2D eigenvalue weighted by Gasteiger charge is -2.23. The third kappa shape index (κ3) is 3.54. The number of hydrogen-bond acceptors (Lipinski definition) is 3. The fourth-order valence-electron chi connectivity index (χ4n) is 2.28. The first-order valence-corrected chi connectivity index (χ1v) is 6.80. The molecule has 0 fully saturated rings. The van der Waals surface area contributed by atoms with Crippen molar-refractivity contribution in [2.24, 2.45) is 0 Å². The predicted molar refractivity (Wildman–Crippen MR) is 82.9 cm³/mol. The summed E-state index contributed by atoms with van der Waals surface area (Å²) in [5, 5.41) is 12.6. The molecule has 0 heterocycles. The largest absolute Gasteiger partial charge is 0.495 e. The second kappa shape index (κ2) is 6.79. The summed E-state index contributed by atoms with van der Waals surface area (Å²) in [6, 6.07) is 16.2. The summed E-state index contributed by atoms with van der Waals surface area (Å²) in [6.07, 6.45) is 0. The van der Waals surface area contributed by atoms with Gasteiger partial charge in [-0.25, -0.2) is 4.79 Å². The molecule has 0 aliphatic rings. The van der Waals surface area contributed by atoms with Gasteiger partial charge in [-0.1, -0.05) is 49.4 Å². The minimum absolute atomic E-state index is 0.173. The molecule has 2 N–H and O–H groups in total. The molecule has 0 saturated heterocycles. The molecule has 0 spiro atoms. The Balaban J connectivity index is 2.26. The van der Waals surface area contributed by atoms with Gasteiger partial charge in [0, 0.05) is 5.92 Å². The number of benzene rings is 2. The molecule has 4 heteroatoms. The molecule has 4 nitrogen and oxygen atoms in total. The fraction of sp³-hybridized carbons (Fsp3) is 0.235. The van der Waals surface area contributed by atoms with Crippen molar-refractivity contribution in [1.82, 2.24) is 0 Å². The standard InChI is InChI=1S/C17H19NO3/c1-12(13-8-4-3-5-9-13)16(17(19)20)18-14-10-6-7-11-15(14)21-2/h3-12,16,18H,1-2H3,(H,19,20). The second-order valence-electron chi connectivity index (χ2n) is 4.86. The van der Waals surface area contributed by atoms with Crippen LogP contribution in [0.25, 0.3) is 0 Å². The van der Waals surface area contributed by atoms with Crippen LogP contribution in [-0.2, 0) is 4.79 Å². The normalized spacial score (nSPS) is 13.2. The molecule has 2 atom stereocenters. The quantitative estimate of drug-likeness (QED) is 0.854. The van der Waals surface area contributed by atoms with E-state index in [1.54, 1.807) is 13.2 Å². The molecular weight excluding hydrogens is 266 g/mol. The van der Waals surface area contributed by atoms with Crippen LogP contribution in [0.2, 0.25) is 0 Å². The number of methoxy groups -OCH3 is 1. The maximum atomic E-state index is 11.6. The Morgan fingerprint density at radius 3 is 2.33 bits per heavy atom. The van der Waals surface area contributed by atoms with Gasteiger partial charge in [-0.05, 0) is 17.7 Å². The van der Waals surface area contributed by atoms with Crippen LogP contribution >= 0.6 is 0 Å². The Morgan fingerprint density at radius 1 is 1.10 bits per heavy atom. The zero-order chi connectivity index (χ0) is 15.2. The van der Waals surface area contributed by atoms with Gasteiger partial charge in [-0.3, -0.25) is 0 Å². The Hall–Kier alpha value is -2.49. The summed E-state index contributed by atoms with van der Waals surface area (Å²) < 4.78 is 5.26. The first-order chi connectivity index (χ1) is 10.1. The molecule has 0 aromatic heterocycles. The van der Waals surface area contributed by atoms with E-state index in [0.717, 1.165) is 5.56 Å². The van der Waals surface area contributed by atoms with Crippen molar-refractivity contribution < 1.29 is 14.6 Å². The van der Waals surface area contributed by atoms with E-state index < -0.39 is 12.0 Å². The molecule has 0 radical (unpaired) electrons. The maximum Gasteiger partial charge on any atom is 0.326 e. The topological polar surface area (TPSA) is 58.6 Å². The first-order valence-electron chi connectivity index (χ1n) is 6.80. The van der Waals surface area contributed by atoms with Crippen molar-refractivity contribution in [3.05, 3.63) is 60.2 Å². The van der Waals surface area contributed by atoms with Crippen LogP contribution in [0.15, 0.2) is 54.6 Å². The summed E-state index contributed by atoms with van der Waals surface area (Å²) in [4.78, 5) is 11.6. The van der Waals surface area contributed by atoms with Gasteiger partial charge in [0.15, 0.2) is 0 Å². The molecule has 0 bridgehead atoms. The maximum absolute atomic E-state index is 11.6. The summed E-state index contributed by atoms with van der Waals surface area (Å²) in [5.74, 6) is -0.435. The van der Waals surface area contributed by atoms with Crippen LogP contribution < -0.4 is 10.1 Å². The number of nitrogens with one attached hydrogen (secondary N) is 1. The van der Waals surface area contributed by atoms with E-state index in [0.29, 0.717) is 11.4 Å². The van der Waals surface area contributed by atoms with E-state index >= 15 is 0 Å². The zero-order valence-electron chi connectivity index (χ0n) is 12.1. The van der Waals surface area contributed by atoms with Gasteiger partial charge in [0.1, 0.15) is 11.8 Å². The molecule has 110 valence electrons. The molecule has 2 unspecified atom stereocenters. The van der Waals surface area contributed by atoms with Crippen molar-refractivity contribution in [1.29, 1.82) is 0 Å². The minimum Gasteiger partial charge on any atom is -0.495 e. The smallest absolute Gasteiger partial charge is 0.326 e. The highest BCUT2D eigenvalue weighted by Crippen LogP contribution is 2.28. The monoisotopic (exact) mass is 285 g/mol. The van der Waals surface area contributed by atoms with E-state index in [1.807, 2.05) is 55.5 Å². The van der Waals surface area contributed by atoms with Gasteiger partial charge < -0.3 is 15.2 Å². The number of hydrogen-bond donors (Lipinski definition) is 2. The zero-order valence-corrected chi connectivity index (χ0v) is 12.1. The molecule has 0 aliphatic carbocycles. The third-order valence-electron chi connectivity index (χ3n) is 3.51. The third-order valence-corrected chi connectivity index (χ3v) is 3.51. The molecule has 0 amide bonds. The average molecular weight is 285 g/mol. The number of carboxylic acids is 1. The van der Waals surface area contributed by atoms with Gasteiger partial charge in [-0.15, -0.1) is 0 Å². The molecule has 2 aromatic carbocycles. The summed E-state index contributed by atoms with van der Waals surface area (Å²) >= 11 is 0. The van der Waals surface area contributed by atoms with Gasteiger partial charge in [0.05, 0.1) is 12.8 Å². The van der Waals surface area contributed by atoms with Crippen LogP contribution in [0, 0.1) is 0 Å². The molecule has 2 aromatic rings. The Bertz CT molecular complexity index is 598. The highest BCUT2D eigenvalue weighted by molar-refractivity contribution is 5.79. The van der Waals surface area contributed by atoms with E-state index in [-0.39, 0.29) is 5.92 Å². The van der Waals surface area contributed by atoms with Crippen LogP contribution in [0.1, 0.15) is 18.4 Å². The van der Waals surface area contributed by atoms with Gasteiger partial charge in [-0.2, -0.15) is 0 Å². The predicted octanol–water partition coefficient (Wildman–Crippen LogP) is 3.36. The van der Waals surface area contributed by atoms with Gasteiger partial charge in [0.2, 0.25) is 0 Å². The van der Waals surface area contributed by atoms with Crippen LogP contribution in [0.5, 0.6) is 5.75 Å². The van der Waals surface area contributed by atoms with E-state index in [2.05, 4.69) is 5.32 Å². The number of rotatable bonds is 6. The summed E-state index contributed by atoms with van der Waals surface area (Å²) in [6.45, 7) is 1.90.